The van der Waals surface area contributed by atoms with E-state index in [4.69, 9.17) is 0 Å². The molecule has 1 aliphatic rings. The Morgan fingerprint density at radius 3 is 2.93 bits per heavy atom. The van der Waals surface area contributed by atoms with Crippen molar-refractivity contribution < 1.29 is 4.39 Å². The van der Waals surface area contributed by atoms with Crippen molar-refractivity contribution in [2.24, 2.45) is 5.92 Å². The second-order valence-corrected chi connectivity index (χ2v) is 4.62. The van der Waals surface area contributed by atoms with Gasteiger partial charge in [-0.05, 0) is 31.4 Å². The third kappa shape index (κ3) is 2.14. The van der Waals surface area contributed by atoms with Crippen molar-refractivity contribution in [1.29, 1.82) is 0 Å². The van der Waals surface area contributed by atoms with Gasteiger partial charge in [0.05, 0.1) is 6.20 Å². The number of hydrogen-bond donors (Lipinski definition) is 0. The molecular formula is C11H14BrFN2. The zero-order chi connectivity index (χ0) is 10.8. The molecule has 1 fully saturated rings. The van der Waals surface area contributed by atoms with Crippen molar-refractivity contribution in [3.8, 4) is 0 Å². The van der Waals surface area contributed by atoms with Crippen LogP contribution in [0, 0.1) is 11.7 Å². The van der Waals surface area contributed by atoms with Gasteiger partial charge in [-0.15, -0.1) is 0 Å². The van der Waals surface area contributed by atoms with E-state index in [-0.39, 0.29) is 5.82 Å². The molecule has 0 aromatic carbocycles. The minimum absolute atomic E-state index is 0.275. The molecule has 0 radical (unpaired) electrons. The fraction of sp³-hybridized carbons (Fsp3) is 0.545. The summed E-state index contributed by atoms with van der Waals surface area (Å²) in [5, 5.41) is 1.02. The van der Waals surface area contributed by atoms with Crippen LogP contribution in [0.1, 0.15) is 13.3 Å². The van der Waals surface area contributed by atoms with E-state index in [1.54, 1.807) is 6.07 Å². The maximum atomic E-state index is 12.7. The molecule has 2 atom stereocenters. The minimum atomic E-state index is -0.275. The summed E-state index contributed by atoms with van der Waals surface area (Å²) in [5.41, 5.74) is 0. The Hall–Kier alpha value is -0.640. The summed E-state index contributed by atoms with van der Waals surface area (Å²) in [5.74, 6) is 1.27. The van der Waals surface area contributed by atoms with Gasteiger partial charge in [-0.1, -0.05) is 15.9 Å². The van der Waals surface area contributed by atoms with Crippen LogP contribution in [0.15, 0.2) is 18.3 Å². The summed E-state index contributed by atoms with van der Waals surface area (Å²) < 4.78 is 12.7. The molecular weight excluding hydrogens is 259 g/mol. The first kappa shape index (κ1) is 10.9. The average Bonchev–Trinajstić information content (AvgIpc) is 2.61. The van der Waals surface area contributed by atoms with Gasteiger partial charge >= 0.3 is 0 Å². The lowest BCUT2D eigenvalue weighted by molar-refractivity contribution is 0.555. The van der Waals surface area contributed by atoms with Gasteiger partial charge in [0.15, 0.2) is 0 Å². The quantitative estimate of drug-likeness (QED) is 0.770. The van der Waals surface area contributed by atoms with Gasteiger partial charge in [0, 0.05) is 17.9 Å². The van der Waals surface area contributed by atoms with E-state index in [1.807, 2.05) is 0 Å². The number of halogens is 2. The lowest BCUT2D eigenvalue weighted by Crippen LogP contribution is -2.31. The Bertz CT molecular complexity index is 328. The van der Waals surface area contributed by atoms with Gasteiger partial charge in [-0.2, -0.15) is 0 Å². The molecule has 0 saturated carbocycles. The number of rotatable bonds is 2. The Kier molecular flexibility index (Phi) is 3.24. The van der Waals surface area contributed by atoms with Crippen LogP contribution in [0.3, 0.4) is 0 Å². The minimum Gasteiger partial charge on any atom is -0.354 e. The molecule has 1 saturated heterocycles. The van der Waals surface area contributed by atoms with E-state index in [1.165, 1.54) is 18.7 Å². The Morgan fingerprint density at radius 2 is 2.40 bits per heavy atom. The second-order valence-electron chi connectivity index (χ2n) is 3.97. The van der Waals surface area contributed by atoms with Crippen LogP contribution in [0.2, 0.25) is 0 Å². The number of aromatic nitrogens is 1. The monoisotopic (exact) mass is 272 g/mol. The Labute approximate surface area is 97.6 Å². The summed E-state index contributed by atoms with van der Waals surface area (Å²) in [7, 11) is 0. The van der Waals surface area contributed by atoms with Gasteiger partial charge in [-0.25, -0.2) is 9.37 Å². The topological polar surface area (TPSA) is 16.1 Å². The highest BCUT2D eigenvalue weighted by atomic mass is 79.9. The molecule has 15 heavy (non-hydrogen) atoms. The molecule has 4 heteroatoms. The van der Waals surface area contributed by atoms with Gasteiger partial charge in [-0.3, -0.25) is 0 Å². The molecule has 0 bridgehead atoms. The van der Waals surface area contributed by atoms with Gasteiger partial charge in [0.2, 0.25) is 0 Å². The van der Waals surface area contributed by atoms with Crippen molar-refractivity contribution in [2.75, 3.05) is 16.8 Å². The average molecular weight is 273 g/mol. The highest BCUT2D eigenvalue weighted by Gasteiger charge is 2.30. The normalized spacial score (nSPS) is 25.9. The van der Waals surface area contributed by atoms with Crippen LogP contribution < -0.4 is 4.90 Å². The zero-order valence-electron chi connectivity index (χ0n) is 8.66. The van der Waals surface area contributed by atoms with E-state index in [2.05, 4.69) is 32.7 Å². The number of anilines is 1. The third-order valence-electron chi connectivity index (χ3n) is 3.12. The fourth-order valence-corrected chi connectivity index (χ4v) is 2.94. The standard InChI is InChI=1S/C11H14BrFN2/c1-8-9(6-12)4-5-15(8)11-3-2-10(13)7-14-11/h2-3,7-9H,4-6H2,1H3. The highest BCUT2D eigenvalue weighted by Crippen LogP contribution is 2.29. The van der Waals surface area contributed by atoms with Crippen LogP contribution in [0.5, 0.6) is 0 Å². The molecule has 0 amide bonds. The smallest absolute Gasteiger partial charge is 0.141 e. The molecule has 2 nitrogen and oxygen atoms in total. The Morgan fingerprint density at radius 1 is 1.60 bits per heavy atom. The molecule has 2 unspecified atom stereocenters. The van der Waals surface area contributed by atoms with Crippen LogP contribution in [0.25, 0.3) is 0 Å². The molecule has 2 heterocycles. The largest absolute Gasteiger partial charge is 0.354 e. The fourth-order valence-electron chi connectivity index (χ4n) is 2.07. The number of nitrogens with zero attached hydrogens (tertiary/aromatic N) is 2. The van der Waals surface area contributed by atoms with E-state index in [9.17, 15) is 4.39 Å². The maximum absolute atomic E-state index is 12.7. The van der Waals surface area contributed by atoms with Crippen LogP contribution in [-0.4, -0.2) is 22.9 Å². The summed E-state index contributed by atoms with van der Waals surface area (Å²) in [4.78, 5) is 6.36. The van der Waals surface area contributed by atoms with Crippen molar-refractivity contribution in [1.82, 2.24) is 4.98 Å². The summed E-state index contributed by atoms with van der Waals surface area (Å²) in [6, 6.07) is 3.70. The molecule has 1 aliphatic heterocycles. The third-order valence-corrected chi connectivity index (χ3v) is 3.95. The van der Waals surface area contributed by atoms with Crippen LogP contribution >= 0.6 is 15.9 Å². The molecule has 82 valence electrons. The van der Waals surface area contributed by atoms with Gasteiger partial charge in [0.1, 0.15) is 11.6 Å². The first-order valence-corrected chi connectivity index (χ1v) is 6.28. The summed E-state index contributed by atoms with van der Waals surface area (Å²) in [6.45, 7) is 3.21. The second kappa shape index (κ2) is 4.47. The van der Waals surface area contributed by atoms with E-state index >= 15 is 0 Å². The lowest BCUT2D eigenvalue weighted by Gasteiger charge is -2.24. The van der Waals surface area contributed by atoms with Crippen molar-refractivity contribution in [3.63, 3.8) is 0 Å². The molecule has 1 aromatic rings. The molecule has 2 rings (SSSR count). The summed E-state index contributed by atoms with van der Waals surface area (Å²) >= 11 is 3.52. The van der Waals surface area contributed by atoms with Gasteiger partial charge < -0.3 is 4.90 Å². The summed E-state index contributed by atoms with van der Waals surface area (Å²) in [6.07, 6.45) is 2.45. The predicted molar refractivity (Wildman–Crippen MR) is 62.9 cm³/mol. The van der Waals surface area contributed by atoms with Crippen molar-refractivity contribution in [2.45, 2.75) is 19.4 Å². The van der Waals surface area contributed by atoms with E-state index < -0.39 is 0 Å². The van der Waals surface area contributed by atoms with Crippen LogP contribution in [0.4, 0.5) is 10.2 Å². The van der Waals surface area contributed by atoms with E-state index in [0.29, 0.717) is 12.0 Å². The number of alkyl halides is 1. The predicted octanol–water partition coefficient (Wildman–Crippen LogP) is 2.83. The first-order valence-electron chi connectivity index (χ1n) is 5.16. The molecule has 0 spiro atoms. The Balaban J connectivity index is 2.15. The number of pyridine rings is 1. The molecule has 0 N–H and O–H groups in total. The van der Waals surface area contributed by atoms with Crippen molar-refractivity contribution in [3.05, 3.63) is 24.1 Å². The first-order chi connectivity index (χ1) is 7.22. The maximum Gasteiger partial charge on any atom is 0.141 e. The highest BCUT2D eigenvalue weighted by molar-refractivity contribution is 9.09. The van der Waals surface area contributed by atoms with Crippen molar-refractivity contribution >= 4 is 21.7 Å². The number of hydrogen-bond acceptors (Lipinski definition) is 2. The molecule has 1 aromatic heterocycles. The van der Waals surface area contributed by atoms with E-state index in [0.717, 1.165) is 17.7 Å². The molecule has 0 aliphatic carbocycles. The van der Waals surface area contributed by atoms with Crippen LogP contribution in [-0.2, 0) is 0 Å². The zero-order valence-corrected chi connectivity index (χ0v) is 10.2. The lowest BCUT2D eigenvalue weighted by atomic mass is 10.1. The van der Waals surface area contributed by atoms with Gasteiger partial charge in [0.25, 0.3) is 0 Å². The SMILES string of the molecule is CC1C(CBr)CCN1c1ccc(F)cn1.